The Morgan fingerprint density at radius 1 is 1.03 bits per heavy atom. The van der Waals surface area contributed by atoms with Gasteiger partial charge in [-0.3, -0.25) is 20.2 Å². The van der Waals surface area contributed by atoms with E-state index >= 15 is 0 Å². The van der Waals surface area contributed by atoms with E-state index in [4.69, 9.17) is 4.42 Å². The number of hydrogen-bond donors (Lipinski definition) is 0. The molecule has 0 spiro atoms. The van der Waals surface area contributed by atoms with Crippen LogP contribution in [0, 0.1) is 20.2 Å². The lowest BCUT2D eigenvalue weighted by Gasteiger charge is -2.44. The number of nitro groups is 2. The molecule has 9 heteroatoms. The number of rotatable bonds is 5. The van der Waals surface area contributed by atoms with Crippen molar-refractivity contribution in [3.05, 3.63) is 79.6 Å². The van der Waals surface area contributed by atoms with Gasteiger partial charge in [-0.25, -0.2) is 0 Å². The van der Waals surface area contributed by atoms with E-state index in [0.29, 0.717) is 16.1 Å². The van der Waals surface area contributed by atoms with Gasteiger partial charge in [-0.1, -0.05) is 0 Å². The van der Waals surface area contributed by atoms with Crippen LogP contribution in [0.4, 0.5) is 11.4 Å². The highest BCUT2D eigenvalue weighted by molar-refractivity contribution is 5.84. The summed E-state index contributed by atoms with van der Waals surface area (Å²) in [7, 11) is 4.35. The first-order chi connectivity index (χ1) is 14.2. The van der Waals surface area contributed by atoms with Gasteiger partial charge in [0, 0.05) is 60.0 Å². The minimum atomic E-state index is -0.389. The molecule has 1 aromatic heterocycles. The second-order valence-corrected chi connectivity index (χ2v) is 8.49. The zero-order valence-electron chi connectivity index (χ0n) is 17.6. The number of fused-ring (bicyclic) bond motifs is 3. The molecule has 0 radical (unpaired) electrons. The SMILES string of the molecule is C[C@H](c1ccc([N+](=O)[O-])cc1)[N+](C)(C)C1CCc2oc3ccc([N+](=O)[O-])cc3c2C1.[I-]. The molecular formula is C22H24IN3O5. The van der Waals surface area contributed by atoms with Crippen molar-refractivity contribution < 1.29 is 42.7 Å². The summed E-state index contributed by atoms with van der Waals surface area (Å²) in [5.74, 6) is 0.921. The molecule has 0 amide bonds. The third-order valence-electron chi connectivity index (χ3n) is 6.74. The fourth-order valence-corrected chi connectivity index (χ4v) is 4.51. The van der Waals surface area contributed by atoms with Crippen molar-refractivity contribution >= 4 is 22.3 Å². The number of halogens is 1. The number of likely N-dealkylation sites (N-methyl/N-ethyl adjacent to an activating group) is 1. The normalized spacial score (nSPS) is 16.9. The fourth-order valence-electron chi connectivity index (χ4n) is 4.51. The predicted octanol–water partition coefficient (Wildman–Crippen LogP) is 1.95. The van der Waals surface area contributed by atoms with E-state index in [1.807, 2.05) is 12.1 Å². The lowest BCUT2D eigenvalue weighted by molar-refractivity contribution is -0.943. The van der Waals surface area contributed by atoms with Gasteiger partial charge in [-0.15, -0.1) is 0 Å². The maximum absolute atomic E-state index is 11.2. The number of benzene rings is 2. The van der Waals surface area contributed by atoms with Crippen molar-refractivity contribution in [3.8, 4) is 0 Å². The van der Waals surface area contributed by atoms with Crippen LogP contribution < -0.4 is 24.0 Å². The molecule has 0 fully saturated rings. The molecule has 4 rings (SSSR count). The summed E-state index contributed by atoms with van der Waals surface area (Å²) in [5, 5.41) is 23.0. The maximum Gasteiger partial charge on any atom is 0.270 e. The highest BCUT2D eigenvalue weighted by atomic mass is 127. The lowest BCUT2D eigenvalue weighted by atomic mass is 9.88. The van der Waals surface area contributed by atoms with Crippen LogP contribution in [-0.4, -0.2) is 34.5 Å². The van der Waals surface area contributed by atoms with E-state index in [-0.39, 0.29) is 51.2 Å². The second kappa shape index (κ2) is 8.54. The molecule has 0 N–H and O–H groups in total. The molecule has 0 saturated heterocycles. The summed E-state index contributed by atoms with van der Waals surface area (Å²) in [4.78, 5) is 21.4. The number of nitrogens with zero attached hydrogens (tertiary/aromatic N) is 3. The van der Waals surface area contributed by atoms with Gasteiger partial charge in [0.15, 0.2) is 0 Å². The Labute approximate surface area is 196 Å². The maximum atomic E-state index is 11.2. The number of aryl methyl sites for hydroxylation is 1. The molecule has 0 bridgehead atoms. The molecular weight excluding hydrogens is 513 g/mol. The van der Waals surface area contributed by atoms with Crippen molar-refractivity contribution in [2.24, 2.45) is 0 Å². The molecule has 31 heavy (non-hydrogen) atoms. The summed E-state index contributed by atoms with van der Waals surface area (Å²) in [6, 6.07) is 11.9. The first kappa shape index (κ1) is 23.1. The Kier molecular flexibility index (Phi) is 6.38. The van der Waals surface area contributed by atoms with E-state index in [1.54, 1.807) is 24.3 Å². The number of non-ortho nitro benzene ring substituents is 2. The predicted molar refractivity (Wildman–Crippen MR) is 112 cm³/mol. The number of hydrogen-bond acceptors (Lipinski definition) is 5. The van der Waals surface area contributed by atoms with E-state index in [0.717, 1.165) is 41.5 Å². The van der Waals surface area contributed by atoms with Crippen LogP contribution in [0.5, 0.6) is 0 Å². The highest BCUT2D eigenvalue weighted by Crippen LogP contribution is 2.39. The van der Waals surface area contributed by atoms with E-state index in [1.165, 1.54) is 6.07 Å². The van der Waals surface area contributed by atoms with E-state index in [9.17, 15) is 20.2 Å². The number of nitro benzene ring substituents is 2. The highest BCUT2D eigenvalue weighted by Gasteiger charge is 2.38. The molecule has 0 aliphatic heterocycles. The molecule has 164 valence electrons. The summed E-state index contributed by atoms with van der Waals surface area (Å²) in [6.45, 7) is 2.13. The van der Waals surface area contributed by atoms with Crippen LogP contribution in [0.1, 0.15) is 36.3 Å². The third-order valence-corrected chi connectivity index (χ3v) is 6.74. The van der Waals surface area contributed by atoms with Crippen LogP contribution >= 0.6 is 0 Å². The van der Waals surface area contributed by atoms with Crippen molar-refractivity contribution in [3.63, 3.8) is 0 Å². The molecule has 2 aromatic carbocycles. The monoisotopic (exact) mass is 537 g/mol. The van der Waals surface area contributed by atoms with Gasteiger partial charge >= 0.3 is 0 Å². The smallest absolute Gasteiger partial charge is 0.270 e. The van der Waals surface area contributed by atoms with Gasteiger partial charge in [-0.2, -0.15) is 0 Å². The largest absolute Gasteiger partial charge is 1.00 e. The zero-order chi connectivity index (χ0) is 21.6. The summed E-state index contributed by atoms with van der Waals surface area (Å²) < 4.78 is 6.68. The van der Waals surface area contributed by atoms with Crippen molar-refractivity contribution in [1.29, 1.82) is 0 Å². The van der Waals surface area contributed by atoms with Gasteiger partial charge in [0.1, 0.15) is 17.4 Å². The van der Waals surface area contributed by atoms with Gasteiger partial charge in [0.25, 0.3) is 11.4 Å². The Morgan fingerprint density at radius 3 is 2.26 bits per heavy atom. The lowest BCUT2D eigenvalue weighted by Crippen LogP contribution is -3.00. The van der Waals surface area contributed by atoms with E-state index < -0.39 is 0 Å². The molecule has 1 heterocycles. The van der Waals surface area contributed by atoms with Gasteiger partial charge in [0.05, 0.1) is 30.0 Å². The molecule has 1 unspecified atom stereocenters. The third kappa shape index (κ3) is 4.16. The summed E-state index contributed by atoms with van der Waals surface area (Å²) >= 11 is 0. The molecule has 2 atom stereocenters. The molecule has 1 aliphatic rings. The van der Waals surface area contributed by atoms with Gasteiger partial charge in [-0.05, 0) is 25.1 Å². The Morgan fingerprint density at radius 2 is 1.65 bits per heavy atom. The van der Waals surface area contributed by atoms with Crippen LogP contribution in [0.15, 0.2) is 46.9 Å². The number of quaternary nitrogens is 1. The first-order valence-corrected chi connectivity index (χ1v) is 9.95. The fraction of sp³-hybridized carbons (Fsp3) is 0.364. The Hall–Kier alpha value is -2.53. The van der Waals surface area contributed by atoms with Crippen molar-refractivity contribution in [1.82, 2.24) is 0 Å². The minimum absolute atomic E-state index is 0. The molecule has 0 saturated carbocycles. The first-order valence-electron chi connectivity index (χ1n) is 9.95. The number of furan rings is 1. The van der Waals surface area contributed by atoms with Gasteiger partial charge in [0.2, 0.25) is 0 Å². The van der Waals surface area contributed by atoms with Crippen LogP contribution in [-0.2, 0) is 12.8 Å². The topological polar surface area (TPSA) is 99.4 Å². The Balaban J connectivity index is 0.00000272. The minimum Gasteiger partial charge on any atom is -1.00 e. The zero-order valence-corrected chi connectivity index (χ0v) is 19.7. The van der Waals surface area contributed by atoms with Crippen molar-refractivity contribution in [2.45, 2.75) is 38.3 Å². The molecule has 1 aliphatic carbocycles. The standard InChI is InChI=1S/C22H24N3O5.HI/c1-14(15-4-6-16(7-5-15)23(26)27)25(2,3)18-9-11-22-20(13-18)19-12-17(24(28)29)8-10-21(19)30-22;/h4-8,10,12,14,18H,9,11,13H2,1-3H3;1H/q+1;/p-1/t14-,18?;/m1./s1. The van der Waals surface area contributed by atoms with Crippen LogP contribution in [0.2, 0.25) is 0 Å². The average Bonchev–Trinajstić information content (AvgIpc) is 3.10. The summed E-state index contributed by atoms with van der Waals surface area (Å²) in [6.07, 6.45) is 2.50. The molecule has 3 aromatic rings. The summed E-state index contributed by atoms with van der Waals surface area (Å²) in [5.41, 5.74) is 2.96. The Bertz CT molecular complexity index is 1140. The molecule has 8 nitrogen and oxygen atoms in total. The van der Waals surface area contributed by atoms with Crippen LogP contribution in [0.3, 0.4) is 0 Å². The average molecular weight is 537 g/mol. The van der Waals surface area contributed by atoms with E-state index in [2.05, 4.69) is 21.0 Å². The van der Waals surface area contributed by atoms with Crippen molar-refractivity contribution in [2.75, 3.05) is 14.1 Å². The second-order valence-electron chi connectivity index (χ2n) is 8.49. The van der Waals surface area contributed by atoms with Gasteiger partial charge < -0.3 is 32.9 Å². The quantitative estimate of drug-likeness (QED) is 0.215. The van der Waals surface area contributed by atoms with Crippen LogP contribution in [0.25, 0.3) is 11.0 Å².